The average molecular weight is 346 g/mol. The van der Waals surface area contributed by atoms with Crippen molar-refractivity contribution in [2.75, 3.05) is 19.6 Å². The van der Waals surface area contributed by atoms with Gasteiger partial charge in [0.2, 0.25) is 10.0 Å². The van der Waals surface area contributed by atoms with E-state index in [1.165, 1.54) is 13.0 Å². The first-order valence-electron chi connectivity index (χ1n) is 6.64. The third-order valence-corrected chi connectivity index (χ3v) is 5.22. The third kappa shape index (κ3) is 3.83. The van der Waals surface area contributed by atoms with Crippen molar-refractivity contribution >= 4 is 27.3 Å². The van der Waals surface area contributed by atoms with Gasteiger partial charge in [0, 0.05) is 24.7 Å². The number of halogens is 1. The Morgan fingerprint density at radius 3 is 2.77 bits per heavy atom. The molecule has 22 heavy (non-hydrogen) atoms. The number of nitro groups is 1. The van der Waals surface area contributed by atoms with Gasteiger partial charge in [-0.2, -0.15) is 0 Å². The van der Waals surface area contributed by atoms with Gasteiger partial charge in [-0.1, -0.05) is 23.3 Å². The van der Waals surface area contributed by atoms with Gasteiger partial charge < -0.3 is 5.32 Å². The van der Waals surface area contributed by atoms with Gasteiger partial charge >= 0.3 is 0 Å². The highest BCUT2D eigenvalue weighted by Gasteiger charge is 2.22. The summed E-state index contributed by atoms with van der Waals surface area (Å²) in [7, 11) is -3.86. The zero-order chi connectivity index (χ0) is 16.3. The molecule has 0 atom stereocenters. The second-order valence-electron chi connectivity index (χ2n) is 4.95. The first-order valence-corrected chi connectivity index (χ1v) is 8.50. The predicted octanol–water partition coefficient (Wildman–Crippen LogP) is 1.75. The lowest BCUT2D eigenvalue weighted by Crippen LogP contribution is -2.29. The summed E-state index contributed by atoms with van der Waals surface area (Å²) >= 11 is 5.90. The van der Waals surface area contributed by atoms with Gasteiger partial charge in [0.05, 0.1) is 14.8 Å². The minimum atomic E-state index is -3.86. The van der Waals surface area contributed by atoms with Crippen molar-refractivity contribution in [3.63, 3.8) is 0 Å². The van der Waals surface area contributed by atoms with E-state index in [9.17, 15) is 18.5 Å². The molecule has 0 fully saturated rings. The standard InChI is InChI=1S/C13H16ClN3O4S/c1-9-12(14)6-11(7-13(9)17(18)19)22(20,21)16-8-10-2-4-15-5-3-10/h2,6-7,15-16H,3-5,8H2,1H3. The molecule has 0 amide bonds. The number of benzene rings is 1. The summed E-state index contributed by atoms with van der Waals surface area (Å²) < 4.78 is 27.0. The number of nitro benzene ring substituents is 1. The molecule has 0 saturated carbocycles. The number of rotatable bonds is 5. The van der Waals surface area contributed by atoms with Crippen LogP contribution in [0.5, 0.6) is 0 Å². The molecule has 1 aliphatic heterocycles. The van der Waals surface area contributed by atoms with E-state index in [0.717, 1.165) is 24.6 Å². The summed E-state index contributed by atoms with van der Waals surface area (Å²) in [5.41, 5.74) is 0.913. The Balaban J connectivity index is 2.25. The Kier molecular flexibility index (Phi) is 5.17. The SMILES string of the molecule is Cc1c(Cl)cc(S(=O)(=O)NCC2=CCNCC2)cc1[N+](=O)[O-]. The highest BCUT2D eigenvalue weighted by molar-refractivity contribution is 7.89. The topological polar surface area (TPSA) is 101 Å². The second kappa shape index (κ2) is 6.74. The lowest BCUT2D eigenvalue weighted by Gasteiger charge is -2.15. The van der Waals surface area contributed by atoms with Crippen LogP contribution in [0.2, 0.25) is 5.02 Å². The molecule has 2 N–H and O–H groups in total. The normalized spacial score (nSPS) is 15.5. The molecule has 7 nitrogen and oxygen atoms in total. The molecule has 1 heterocycles. The molecule has 0 aromatic heterocycles. The van der Waals surface area contributed by atoms with E-state index in [1.54, 1.807) is 0 Å². The van der Waals surface area contributed by atoms with Crippen LogP contribution >= 0.6 is 11.6 Å². The monoisotopic (exact) mass is 345 g/mol. The molecule has 0 spiro atoms. The van der Waals surface area contributed by atoms with Crippen LogP contribution < -0.4 is 10.0 Å². The van der Waals surface area contributed by atoms with E-state index in [2.05, 4.69) is 10.0 Å². The van der Waals surface area contributed by atoms with Crippen LogP contribution in [0.3, 0.4) is 0 Å². The van der Waals surface area contributed by atoms with Gasteiger partial charge in [0.1, 0.15) is 0 Å². The summed E-state index contributed by atoms with van der Waals surface area (Å²) in [6.07, 6.45) is 2.69. The number of hydrogen-bond donors (Lipinski definition) is 2. The van der Waals surface area contributed by atoms with E-state index >= 15 is 0 Å². The lowest BCUT2D eigenvalue weighted by atomic mass is 10.1. The van der Waals surface area contributed by atoms with Crippen molar-refractivity contribution in [1.82, 2.24) is 10.0 Å². The Bertz CT molecular complexity index is 731. The first kappa shape index (κ1) is 16.9. The average Bonchev–Trinajstić information content (AvgIpc) is 2.48. The van der Waals surface area contributed by atoms with E-state index in [-0.39, 0.29) is 27.7 Å². The summed E-state index contributed by atoms with van der Waals surface area (Å²) in [5.74, 6) is 0. The third-order valence-electron chi connectivity index (χ3n) is 3.44. The molecule has 120 valence electrons. The molecule has 0 radical (unpaired) electrons. The fraction of sp³-hybridized carbons (Fsp3) is 0.385. The quantitative estimate of drug-likeness (QED) is 0.481. The molecule has 0 bridgehead atoms. The number of hydrogen-bond acceptors (Lipinski definition) is 5. The van der Waals surface area contributed by atoms with Gasteiger partial charge in [-0.15, -0.1) is 0 Å². The van der Waals surface area contributed by atoms with Crippen LogP contribution in [-0.2, 0) is 10.0 Å². The zero-order valence-electron chi connectivity index (χ0n) is 11.9. The number of nitrogens with zero attached hydrogens (tertiary/aromatic N) is 1. The van der Waals surface area contributed by atoms with Crippen LogP contribution in [0.25, 0.3) is 0 Å². The minimum absolute atomic E-state index is 0.0515. The predicted molar refractivity (Wildman–Crippen MR) is 83.6 cm³/mol. The van der Waals surface area contributed by atoms with Gasteiger partial charge in [-0.05, 0) is 26.0 Å². The van der Waals surface area contributed by atoms with Crippen LogP contribution in [0.1, 0.15) is 12.0 Å². The van der Waals surface area contributed by atoms with Gasteiger partial charge in [-0.25, -0.2) is 13.1 Å². The summed E-state index contributed by atoms with van der Waals surface area (Å²) in [6.45, 7) is 3.17. The molecule has 0 unspecified atom stereocenters. The summed E-state index contributed by atoms with van der Waals surface area (Å²) in [6, 6.07) is 2.25. The van der Waals surface area contributed by atoms with Crippen LogP contribution in [-0.4, -0.2) is 33.0 Å². The molecule has 9 heteroatoms. The fourth-order valence-electron chi connectivity index (χ4n) is 2.09. The van der Waals surface area contributed by atoms with E-state index in [1.807, 2.05) is 6.08 Å². The molecule has 1 aliphatic rings. The van der Waals surface area contributed by atoms with Crippen molar-refractivity contribution in [3.05, 3.63) is 44.5 Å². The summed E-state index contributed by atoms with van der Waals surface area (Å²) in [5, 5.41) is 14.2. The van der Waals surface area contributed by atoms with Crippen molar-refractivity contribution in [1.29, 1.82) is 0 Å². The number of nitrogens with one attached hydrogen (secondary N) is 2. The Morgan fingerprint density at radius 2 is 2.18 bits per heavy atom. The first-order chi connectivity index (χ1) is 10.3. The van der Waals surface area contributed by atoms with Gasteiger partial charge in [0.15, 0.2) is 0 Å². The largest absolute Gasteiger partial charge is 0.313 e. The van der Waals surface area contributed by atoms with Gasteiger partial charge in [-0.3, -0.25) is 10.1 Å². The Hall–Kier alpha value is -1.48. The van der Waals surface area contributed by atoms with Crippen LogP contribution in [0, 0.1) is 17.0 Å². The molecule has 2 rings (SSSR count). The Morgan fingerprint density at radius 1 is 1.45 bits per heavy atom. The van der Waals surface area contributed by atoms with Crippen LogP contribution in [0.15, 0.2) is 28.7 Å². The Labute approximate surface area is 133 Å². The zero-order valence-corrected chi connectivity index (χ0v) is 13.5. The molecule has 0 aliphatic carbocycles. The fourth-order valence-corrected chi connectivity index (χ4v) is 3.45. The van der Waals surface area contributed by atoms with Crippen molar-refractivity contribution < 1.29 is 13.3 Å². The maximum Gasteiger partial charge on any atom is 0.275 e. The number of sulfonamides is 1. The molecule has 1 aromatic carbocycles. The minimum Gasteiger partial charge on any atom is -0.313 e. The van der Waals surface area contributed by atoms with Crippen molar-refractivity contribution in [2.45, 2.75) is 18.2 Å². The van der Waals surface area contributed by atoms with E-state index < -0.39 is 14.9 Å². The second-order valence-corrected chi connectivity index (χ2v) is 7.12. The highest BCUT2D eigenvalue weighted by atomic mass is 35.5. The van der Waals surface area contributed by atoms with Crippen molar-refractivity contribution in [2.24, 2.45) is 0 Å². The smallest absolute Gasteiger partial charge is 0.275 e. The van der Waals surface area contributed by atoms with Crippen molar-refractivity contribution in [3.8, 4) is 0 Å². The highest BCUT2D eigenvalue weighted by Crippen LogP contribution is 2.29. The molecule has 1 aromatic rings. The maximum atomic E-state index is 12.3. The molecular formula is C13H16ClN3O4S. The lowest BCUT2D eigenvalue weighted by molar-refractivity contribution is -0.385. The van der Waals surface area contributed by atoms with Gasteiger partial charge in [0.25, 0.3) is 5.69 Å². The van der Waals surface area contributed by atoms with E-state index in [0.29, 0.717) is 6.54 Å². The van der Waals surface area contributed by atoms with E-state index in [4.69, 9.17) is 11.6 Å². The molecule has 0 saturated heterocycles. The van der Waals surface area contributed by atoms with Crippen LogP contribution in [0.4, 0.5) is 5.69 Å². The summed E-state index contributed by atoms with van der Waals surface area (Å²) in [4.78, 5) is 10.1. The maximum absolute atomic E-state index is 12.3. The molecular weight excluding hydrogens is 330 g/mol.